The molecule has 5 heteroatoms. The van der Waals surface area contributed by atoms with E-state index in [1.807, 2.05) is 0 Å². The predicted molar refractivity (Wildman–Crippen MR) is 74.0 cm³/mol. The van der Waals surface area contributed by atoms with Crippen molar-refractivity contribution < 1.29 is 18.3 Å². The number of hydrogen-bond donors (Lipinski definition) is 0. The van der Waals surface area contributed by atoms with Crippen LogP contribution in [-0.2, 0) is 16.0 Å². The minimum absolute atomic E-state index is 0.00417. The molecule has 0 spiro atoms. The standard InChI is InChI=1S/C16H19F2NO2/c1-19-13-5-11(6-14(19)9-21-8-13)16(20)7-10-4-12(17)2-3-15(10)18/h2-4,11,13-14H,5-9H2,1H3. The van der Waals surface area contributed by atoms with Gasteiger partial charge in [0.1, 0.15) is 17.4 Å². The van der Waals surface area contributed by atoms with Gasteiger partial charge in [-0.25, -0.2) is 8.78 Å². The maximum atomic E-state index is 13.6. The normalized spacial score (nSPS) is 29.4. The first kappa shape index (κ1) is 14.6. The number of fused-ring (bicyclic) bond motifs is 2. The van der Waals surface area contributed by atoms with Crippen molar-refractivity contribution in [2.24, 2.45) is 5.92 Å². The molecule has 2 aliphatic rings. The Bertz CT molecular complexity index is 535. The van der Waals surface area contributed by atoms with Gasteiger partial charge in [0, 0.05) is 24.4 Å². The summed E-state index contributed by atoms with van der Waals surface area (Å²) < 4.78 is 32.3. The van der Waals surface area contributed by atoms with Crippen LogP contribution in [0.3, 0.4) is 0 Å². The molecule has 3 rings (SSSR count). The molecule has 3 nitrogen and oxygen atoms in total. The number of ketones is 1. The third kappa shape index (κ3) is 2.99. The Morgan fingerprint density at radius 2 is 1.95 bits per heavy atom. The number of rotatable bonds is 3. The lowest BCUT2D eigenvalue weighted by molar-refractivity contribution is -0.130. The SMILES string of the molecule is CN1C2COCC1CC(C(=O)Cc1cc(F)ccc1F)C2. The number of Topliss-reactive ketones (excluding diaryl/α,β-unsaturated/α-hetero) is 1. The van der Waals surface area contributed by atoms with Crippen molar-refractivity contribution in [2.45, 2.75) is 31.3 Å². The van der Waals surface area contributed by atoms with Gasteiger partial charge in [0.15, 0.2) is 0 Å². The summed E-state index contributed by atoms with van der Waals surface area (Å²) in [4.78, 5) is 14.7. The predicted octanol–water partition coefficient (Wildman–Crippen LogP) is 2.19. The van der Waals surface area contributed by atoms with E-state index in [1.54, 1.807) is 0 Å². The number of likely N-dealkylation sites (N-methyl/N-ethyl adjacent to an activating group) is 1. The fraction of sp³-hybridized carbons (Fsp3) is 0.562. The second kappa shape index (κ2) is 5.81. The zero-order valence-electron chi connectivity index (χ0n) is 12.0. The Kier molecular flexibility index (Phi) is 4.04. The topological polar surface area (TPSA) is 29.5 Å². The van der Waals surface area contributed by atoms with Crippen LogP contribution in [0.4, 0.5) is 8.78 Å². The lowest BCUT2D eigenvalue weighted by atomic mass is 9.81. The Hall–Kier alpha value is -1.33. The van der Waals surface area contributed by atoms with Gasteiger partial charge in [-0.3, -0.25) is 9.69 Å². The highest BCUT2D eigenvalue weighted by atomic mass is 19.1. The minimum Gasteiger partial charge on any atom is -0.378 e. The molecule has 2 fully saturated rings. The Labute approximate surface area is 122 Å². The number of carbonyl (C=O) groups is 1. The smallest absolute Gasteiger partial charge is 0.140 e. The van der Waals surface area contributed by atoms with E-state index in [1.165, 1.54) is 0 Å². The van der Waals surface area contributed by atoms with Crippen LogP contribution in [0.25, 0.3) is 0 Å². The summed E-state index contributed by atoms with van der Waals surface area (Å²) in [5.41, 5.74) is 0.153. The van der Waals surface area contributed by atoms with Gasteiger partial charge in [0.05, 0.1) is 13.2 Å². The van der Waals surface area contributed by atoms with Crippen molar-refractivity contribution in [2.75, 3.05) is 20.3 Å². The highest BCUT2D eigenvalue weighted by Gasteiger charge is 2.39. The number of piperidine rings is 1. The van der Waals surface area contributed by atoms with E-state index in [2.05, 4.69) is 11.9 Å². The molecular formula is C16H19F2NO2. The van der Waals surface area contributed by atoms with Crippen molar-refractivity contribution in [3.05, 3.63) is 35.4 Å². The molecule has 0 N–H and O–H groups in total. The fourth-order valence-electron chi connectivity index (χ4n) is 3.37. The molecule has 2 atom stereocenters. The summed E-state index contributed by atoms with van der Waals surface area (Å²) in [6.45, 7) is 1.29. The minimum atomic E-state index is -0.513. The van der Waals surface area contributed by atoms with Crippen LogP contribution >= 0.6 is 0 Å². The molecule has 0 saturated carbocycles. The largest absolute Gasteiger partial charge is 0.378 e. The number of ether oxygens (including phenoxy) is 1. The summed E-state index contributed by atoms with van der Waals surface area (Å²) in [5, 5.41) is 0. The summed E-state index contributed by atoms with van der Waals surface area (Å²) in [6.07, 6.45) is 1.45. The van der Waals surface area contributed by atoms with Crippen LogP contribution in [-0.4, -0.2) is 43.0 Å². The molecule has 2 bridgehead atoms. The van der Waals surface area contributed by atoms with Gasteiger partial charge in [-0.2, -0.15) is 0 Å². The molecule has 1 aromatic carbocycles. The molecule has 114 valence electrons. The Morgan fingerprint density at radius 1 is 1.29 bits per heavy atom. The van der Waals surface area contributed by atoms with Gasteiger partial charge < -0.3 is 4.74 Å². The molecule has 0 radical (unpaired) electrons. The van der Waals surface area contributed by atoms with E-state index in [-0.39, 0.29) is 35.8 Å². The molecule has 2 saturated heterocycles. The van der Waals surface area contributed by atoms with Crippen molar-refractivity contribution in [3.63, 3.8) is 0 Å². The molecule has 2 aliphatic heterocycles. The first-order valence-corrected chi connectivity index (χ1v) is 7.31. The number of morpholine rings is 1. The average molecular weight is 295 g/mol. The van der Waals surface area contributed by atoms with Gasteiger partial charge in [-0.15, -0.1) is 0 Å². The highest BCUT2D eigenvalue weighted by molar-refractivity contribution is 5.83. The van der Waals surface area contributed by atoms with Crippen LogP contribution in [0.15, 0.2) is 18.2 Å². The van der Waals surface area contributed by atoms with Crippen LogP contribution < -0.4 is 0 Å². The van der Waals surface area contributed by atoms with Crippen molar-refractivity contribution in [1.29, 1.82) is 0 Å². The molecule has 21 heavy (non-hydrogen) atoms. The van der Waals surface area contributed by atoms with Crippen LogP contribution in [0.1, 0.15) is 18.4 Å². The third-order valence-electron chi connectivity index (χ3n) is 4.71. The van der Waals surface area contributed by atoms with Crippen molar-refractivity contribution in [3.8, 4) is 0 Å². The number of hydrogen-bond acceptors (Lipinski definition) is 3. The van der Waals surface area contributed by atoms with Crippen LogP contribution in [0.5, 0.6) is 0 Å². The quantitative estimate of drug-likeness (QED) is 0.856. The Balaban J connectivity index is 1.70. The maximum Gasteiger partial charge on any atom is 0.140 e. The molecule has 0 aromatic heterocycles. The molecule has 0 aliphatic carbocycles. The third-order valence-corrected chi connectivity index (χ3v) is 4.71. The molecule has 2 unspecified atom stereocenters. The van der Waals surface area contributed by atoms with E-state index in [0.717, 1.165) is 31.0 Å². The maximum absolute atomic E-state index is 13.6. The second-order valence-corrected chi connectivity index (χ2v) is 6.06. The first-order chi connectivity index (χ1) is 10.0. The summed E-state index contributed by atoms with van der Waals surface area (Å²) in [7, 11) is 2.06. The molecular weight excluding hydrogens is 276 g/mol. The van der Waals surface area contributed by atoms with Crippen molar-refractivity contribution in [1.82, 2.24) is 4.90 Å². The van der Waals surface area contributed by atoms with Crippen LogP contribution in [0.2, 0.25) is 0 Å². The van der Waals surface area contributed by atoms with E-state index < -0.39 is 11.6 Å². The van der Waals surface area contributed by atoms with Crippen molar-refractivity contribution >= 4 is 5.78 Å². The number of halogens is 2. The molecule has 1 aromatic rings. The fourth-order valence-corrected chi connectivity index (χ4v) is 3.37. The lowest BCUT2D eigenvalue weighted by Gasteiger charge is -2.46. The van der Waals surface area contributed by atoms with E-state index in [0.29, 0.717) is 13.2 Å². The Morgan fingerprint density at radius 3 is 2.62 bits per heavy atom. The van der Waals surface area contributed by atoms with Gasteiger partial charge in [-0.1, -0.05) is 0 Å². The second-order valence-electron chi connectivity index (χ2n) is 6.06. The zero-order valence-corrected chi connectivity index (χ0v) is 12.0. The van der Waals surface area contributed by atoms with Crippen LogP contribution in [0, 0.1) is 17.6 Å². The first-order valence-electron chi connectivity index (χ1n) is 7.31. The van der Waals surface area contributed by atoms with E-state index in [4.69, 9.17) is 4.74 Å². The molecule has 0 amide bonds. The average Bonchev–Trinajstić information content (AvgIpc) is 2.42. The molecule has 2 heterocycles. The number of benzene rings is 1. The summed E-state index contributed by atoms with van der Waals surface area (Å²) in [6, 6.07) is 3.77. The monoisotopic (exact) mass is 295 g/mol. The number of carbonyl (C=O) groups excluding carboxylic acids is 1. The lowest BCUT2D eigenvalue weighted by Crippen LogP contribution is -2.56. The zero-order chi connectivity index (χ0) is 15.0. The highest BCUT2D eigenvalue weighted by Crippen LogP contribution is 2.31. The van der Waals surface area contributed by atoms with Gasteiger partial charge in [-0.05, 0) is 43.7 Å². The van der Waals surface area contributed by atoms with Gasteiger partial charge >= 0.3 is 0 Å². The summed E-state index contributed by atoms with van der Waals surface area (Å²) in [5.74, 6) is -1.10. The number of nitrogens with zero attached hydrogens (tertiary/aromatic N) is 1. The summed E-state index contributed by atoms with van der Waals surface area (Å²) >= 11 is 0. The van der Waals surface area contributed by atoms with E-state index in [9.17, 15) is 13.6 Å². The van der Waals surface area contributed by atoms with Gasteiger partial charge in [0.25, 0.3) is 0 Å². The van der Waals surface area contributed by atoms with E-state index >= 15 is 0 Å². The van der Waals surface area contributed by atoms with Gasteiger partial charge in [0.2, 0.25) is 0 Å².